The van der Waals surface area contributed by atoms with Crippen molar-refractivity contribution in [2.45, 2.75) is 26.2 Å². The lowest BCUT2D eigenvalue weighted by Gasteiger charge is -2.37. The van der Waals surface area contributed by atoms with Gasteiger partial charge in [-0.3, -0.25) is 0 Å². The standard InChI is InChI=1S/C22H27N5O2/c1-3-17(2)27-22(29)26(16-23-27)20-6-4-18(5-7-20)24-12-14-25(15-13-24)19-8-10-21(28)11-9-19/h4-11,16-17,28H,3,12-15H2,1-2H3/i1D3,3D2. The molecule has 0 saturated carbocycles. The molecule has 29 heavy (non-hydrogen) atoms. The van der Waals surface area contributed by atoms with Gasteiger partial charge in [-0.2, -0.15) is 5.10 Å². The number of benzene rings is 2. The van der Waals surface area contributed by atoms with Crippen LogP contribution in [0.1, 0.15) is 33.0 Å². The molecule has 7 heteroatoms. The van der Waals surface area contributed by atoms with E-state index < -0.39 is 25.0 Å². The van der Waals surface area contributed by atoms with E-state index in [0.717, 1.165) is 42.2 Å². The average molecular weight is 399 g/mol. The molecule has 1 unspecified atom stereocenters. The first-order valence-corrected chi connectivity index (χ1v) is 9.54. The first-order chi connectivity index (χ1) is 16.0. The lowest BCUT2D eigenvalue weighted by atomic mass is 10.2. The van der Waals surface area contributed by atoms with Gasteiger partial charge in [0.2, 0.25) is 0 Å². The highest BCUT2D eigenvalue weighted by Gasteiger charge is 2.18. The third-order valence-corrected chi connectivity index (χ3v) is 5.26. The third-order valence-electron chi connectivity index (χ3n) is 5.26. The van der Waals surface area contributed by atoms with Crippen LogP contribution in [0.4, 0.5) is 11.4 Å². The van der Waals surface area contributed by atoms with E-state index >= 15 is 0 Å². The van der Waals surface area contributed by atoms with Crippen LogP contribution in [0, 0.1) is 0 Å². The Hall–Kier alpha value is -3.22. The molecule has 2 aromatic carbocycles. The Morgan fingerprint density at radius 2 is 1.52 bits per heavy atom. The summed E-state index contributed by atoms with van der Waals surface area (Å²) in [6.45, 7) is 1.76. The summed E-state index contributed by atoms with van der Waals surface area (Å²) in [4.78, 5) is 17.4. The molecule has 0 amide bonds. The van der Waals surface area contributed by atoms with Gasteiger partial charge in [0.25, 0.3) is 0 Å². The number of hydrogen-bond donors (Lipinski definition) is 1. The Balaban J connectivity index is 1.46. The van der Waals surface area contributed by atoms with Gasteiger partial charge in [0.1, 0.15) is 12.1 Å². The third kappa shape index (κ3) is 3.85. The minimum Gasteiger partial charge on any atom is -0.508 e. The smallest absolute Gasteiger partial charge is 0.350 e. The van der Waals surface area contributed by atoms with Gasteiger partial charge in [0, 0.05) is 44.4 Å². The summed E-state index contributed by atoms with van der Waals surface area (Å²) >= 11 is 0. The Labute approximate surface area is 177 Å². The van der Waals surface area contributed by atoms with Crippen LogP contribution in [0.5, 0.6) is 5.75 Å². The van der Waals surface area contributed by atoms with Crippen LogP contribution in [-0.2, 0) is 0 Å². The van der Waals surface area contributed by atoms with Crippen LogP contribution in [0.3, 0.4) is 0 Å². The number of nitrogens with zero attached hydrogens (tertiary/aromatic N) is 5. The lowest BCUT2D eigenvalue weighted by molar-refractivity contribution is 0.460. The van der Waals surface area contributed by atoms with E-state index in [-0.39, 0.29) is 5.75 Å². The molecule has 0 bridgehead atoms. The van der Waals surface area contributed by atoms with Crippen LogP contribution in [0.2, 0.25) is 0 Å². The van der Waals surface area contributed by atoms with Crippen molar-refractivity contribution < 1.29 is 12.0 Å². The van der Waals surface area contributed by atoms with E-state index in [1.807, 2.05) is 24.3 Å². The van der Waals surface area contributed by atoms with Crippen molar-refractivity contribution in [2.24, 2.45) is 0 Å². The van der Waals surface area contributed by atoms with Gasteiger partial charge in [-0.1, -0.05) is 6.85 Å². The maximum atomic E-state index is 12.8. The minimum atomic E-state index is -2.89. The molecule has 1 aliphatic heterocycles. The van der Waals surface area contributed by atoms with Crippen LogP contribution < -0.4 is 15.5 Å². The number of piperazine rings is 1. The predicted octanol–water partition coefficient (Wildman–Crippen LogP) is 3.04. The van der Waals surface area contributed by atoms with E-state index in [0.29, 0.717) is 5.69 Å². The van der Waals surface area contributed by atoms with E-state index in [1.165, 1.54) is 17.8 Å². The number of aromatic hydroxyl groups is 1. The molecule has 3 aromatic rings. The fraction of sp³-hybridized carbons (Fsp3) is 0.364. The molecule has 1 aromatic heterocycles. The topological polar surface area (TPSA) is 66.5 Å². The Kier molecular flexibility index (Phi) is 3.84. The SMILES string of the molecule is [2H]C([2H])([2H])C([2H])([2H])C(C)n1ncn(-c2ccc(N3CCN(c4ccc(O)cc4)CC3)cc2)c1=O. The van der Waals surface area contributed by atoms with Crippen molar-refractivity contribution in [2.75, 3.05) is 36.0 Å². The van der Waals surface area contributed by atoms with Gasteiger partial charge in [-0.15, -0.1) is 0 Å². The molecule has 7 nitrogen and oxygen atoms in total. The fourth-order valence-electron chi connectivity index (χ4n) is 3.53. The summed E-state index contributed by atoms with van der Waals surface area (Å²) < 4.78 is 40.3. The largest absolute Gasteiger partial charge is 0.508 e. The molecule has 0 spiro atoms. The van der Waals surface area contributed by atoms with E-state index in [4.69, 9.17) is 6.85 Å². The molecule has 1 atom stereocenters. The number of rotatable bonds is 5. The number of hydrogen-bond acceptors (Lipinski definition) is 5. The zero-order valence-corrected chi connectivity index (χ0v) is 16.2. The zero-order valence-electron chi connectivity index (χ0n) is 21.2. The minimum absolute atomic E-state index is 0.248. The highest BCUT2D eigenvalue weighted by molar-refractivity contribution is 5.54. The highest BCUT2D eigenvalue weighted by atomic mass is 16.3. The first kappa shape index (κ1) is 13.9. The van der Waals surface area contributed by atoms with Crippen molar-refractivity contribution >= 4 is 11.4 Å². The number of anilines is 2. The second-order valence-corrected chi connectivity index (χ2v) is 7.06. The Morgan fingerprint density at radius 3 is 2.07 bits per heavy atom. The van der Waals surface area contributed by atoms with Crippen molar-refractivity contribution in [3.05, 3.63) is 65.3 Å². The average Bonchev–Trinajstić information content (AvgIpc) is 3.19. The van der Waals surface area contributed by atoms with Gasteiger partial charge >= 0.3 is 5.69 Å². The first-order valence-electron chi connectivity index (χ1n) is 12.0. The summed E-state index contributed by atoms with van der Waals surface area (Å²) in [5, 5.41) is 13.4. The molecule has 152 valence electrons. The van der Waals surface area contributed by atoms with Gasteiger partial charge in [-0.25, -0.2) is 14.0 Å². The van der Waals surface area contributed by atoms with Crippen LogP contribution in [0.25, 0.3) is 5.69 Å². The second-order valence-electron chi connectivity index (χ2n) is 7.06. The van der Waals surface area contributed by atoms with Gasteiger partial charge in [-0.05, 0) is 61.8 Å². The monoisotopic (exact) mass is 398 g/mol. The summed E-state index contributed by atoms with van der Waals surface area (Å²) in [5.41, 5.74) is 2.04. The molecular weight excluding hydrogens is 366 g/mol. The van der Waals surface area contributed by atoms with E-state index in [2.05, 4.69) is 14.9 Å². The highest BCUT2D eigenvalue weighted by Crippen LogP contribution is 2.23. The molecule has 1 aliphatic rings. The molecule has 0 aliphatic carbocycles. The van der Waals surface area contributed by atoms with Crippen molar-refractivity contribution in [3.8, 4) is 11.4 Å². The molecular formula is C22H27N5O2. The predicted molar refractivity (Wildman–Crippen MR) is 115 cm³/mol. The normalized spacial score (nSPS) is 19.0. The number of aromatic nitrogens is 3. The fourth-order valence-corrected chi connectivity index (χ4v) is 3.53. The van der Waals surface area contributed by atoms with Crippen LogP contribution in [-0.4, -0.2) is 45.6 Å². The summed E-state index contributed by atoms with van der Waals surface area (Å²) in [6.07, 6.45) is -1.33. The van der Waals surface area contributed by atoms with Crippen LogP contribution >= 0.6 is 0 Å². The second kappa shape index (κ2) is 8.03. The quantitative estimate of drug-likeness (QED) is 0.716. The maximum Gasteiger partial charge on any atom is 0.350 e. The number of phenolic OH excluding ortho intramolecular Hbond substituents is 1. The van der Waals surface area contributed by atoms with E-state index in [9.17, 15) is 9.90 Å². The molecule has 1 saturated heterocycles. The van der Waals surface area contributed by atoms with E-state index in [1.54, 1.807) is 24.3 Å². The molecule has 1 fully saturated rings. The molecule has 2 heterocycles. The number of phenols is 1. The molecule has 1 N–H and O–H groups in total. The van der Waals surface area contributed by atoms with Gasteiger partial charge < -0.3 is 14.9 Å². The summed E-state index contributed by atoms with van der Waals surface area (Å²) in [6, 6.07) is 13.3. The van der Waals surface area contributed by atoms with Crippen LogP contribution in [0.15, 0.2) is 59.7 Å². The Bertz CT molecular complexity index is 1180. The summed E-state index contributed by atoms with van der Waals surface area (Å²) in [5.74, 6) is 0.248. The van der Waals surface area contributed by atoms with Gasteiger partial charge in [0.15, 0.2) is 0 Å². The van der Waals surface area contributed by atoms with Crippen molar-refractivity contribution in [3.63, 3.8) is 0 Å². The molecule has 0 radical (unpaired) electrons. The summed E-state index contributed by atoms with van der Waals surface area (Å²) in [7, 11) is 0. The lowest BCUT2D eigenvalue weighted by Crippen LogP contribution is -2.46. The van der Waals surface area contributed by atoms with Crippen molar-refractivity contribution in [1.29, 1.82) is 0 Å². The Morgan fingerprint density at radius 1 is 1.00 bits per heavy atom. The zero-order chi connectivity index (χ0) is 24.7. The van der Waals surface area contributed by atoms with Gasteiger partial charge in [0.05, 0.1) is 11.7 Å². The maximum absolute atomic E-state index is 12.8. The van der Waals surface area contributed by atoms with Crippen molar-refractivity contribution in [1.82, 2.24) is 14.3 Å². The molecule has 4 rings (SSSR count).